The van der Waals surface area contributed by atoms with E-state index in [1.807, 2.05) is 0 Å². The molecule has 6 nitrogen and oxygen atoms in total. The number of nitrogens with zero attached hydrogens (tertiary/aromatic N) is 1. The fourth-order valence-electron chi connectivity index (χ4n) is 1.93. The Morgan fingerprint density at radius 3 is 2.53 bits per heavy atom. The highest BCUT2D eigenvalue weighted by Gasteiger charge is 2.27. The third-order valence-electron chi connectivity index (χ3n) is 2.96. The molecule has 1 heterocycles. The Hall–Kier alpha value is -0.660. The van der Waals surface area contributed by atoms with Gasteiger partial charge in [-0.15, -0.1) is 0 Å². The second-order valence-electron chi connectivity index (χ2n) is 4.83. The highest BCUT2D eigenvalue weighted by molar-refractivity contribution is 7.87. The molecule has 1 aliphatic heterocycles. The maximum atomic E-state index is 12.0. The largest absolute Gasteiger partial charge is 0.388 e. The summed E-state index contributed by atoms with van der Waals surface area (Å²) in [4.78, 5) is 0. The van der Waals surface area contributed by atoms with Gasteiger partial charge >= 0.3 is 0 Å². The molecule has 0 aromatic carbocycles. The van der Waals surface area contributed by atoms with E-state index in [1.165, 1.54) is 4.31 Å². The first-order chi connectivity index (χ1) is 7.81. The Morgan fingerprint density at radius 1 is 1.53 bits per heavy atom. The van der Waals surface area contributed by atoms with E-state index in [1.54, 1.807) is 6.92 Å². The second-order valence-corrected chi connectivity index (χ2v) is 6.54. The monoisotopic (exact) mass is 262 g/mol. The molecule has 1 rings (SSSR count). The van der Waals surface area contributed by atoms with E-state index in [0.717, 1.165) is 12.8 Å². The molecule has 0 bridgehead atoms. The molecule has 1 aliphatic rings. The number of hydrogen-bond donors (Lipinski definition) is 3. The third-order valence-corrected chi connectivity index (χ3v) is 4.70. The van der Waals surface area contributed by atoms with Crippen LogP contribution in [0.2, 0.25) is 0 Å². The van der Waals surface area contributed by atoms with Crippen molar-refractivity contribution in [1.29, 1.82) is 5.41 Å². The van der Waals surface area contributed by atoms with E-state index < -0.39 is 10.2 Å². The summed E-state index contributed by atoms with van der Waals surface area (Å²) >= 11 is 0. The van der Waals surface area contributed by atoms with Gasteiger partial charge in [0.05, 0.1) is 5.84 Å². The van der Waals surface area contributed by atoms with Crippen molar-refractivity contribution in [2.24, 2.45) is 11.7 Å². The lowest BCUT2D eigenvalue weighted by Crippen LogP contribution is -2.48. The van der Waals surface area contributed by atoms with E-state index in [2.05, 4.69) is 11.6 Å². The van der Waals surface area contributed by atoms with Crippen LogP contribution in [-0.4, -0.2) is 37.7 Å². The van der Waals surface area contributed by atoms with Crippen molar-refractivity contribution in [3.05, 3.63) is 0 Å². The Labute approximate surface area is 103 Å². The summed E-state index contributed by atoms with van der Waals surface area (Å²) in [5.41, 5.74) is 5.24. The van der Waals surface area contributed by atoms with E-state index in [4.69, 9.17) is 11.1 Å². The number of hydrogen-bond acceptors (Lipinski definition) is 3. The molecule has 0 aliphatic carbocycles. The quantitative estimate of drug-likeness (QED) is 0.489. The van der Waals surface area contributed by atoms with E-state index in [0.29, 0.717) is 19.0 Å². The van der Waals surface area contributed by atoms with Gasteiger partial charge in [0, 0.05) is 25.6 Å². The lowest BCUT2D eigenvalue weighted by molar-refractivity contribution is 0.284. The summed E-state index contributed by atoms with van der Waals surface area (Å²) in [6, 6.07) is -0.336. The zero-order valence-corrected chi connectivity index (χ0v) is 11.3. The van der Waals surface area contributed by atoms with Crippen LogP contribution in [0.3, 0.4) is 0 Å². The summed E-state index contributed by atoms with van der Waals surface area (Å²) in [5, 5.41) is 7.13. The van der Waals surface area contributed by atoms with E-state index >= 15 is 0 Å². The fraction of sp³-hybridized carbons (Fsp3) is 0.900. The second kappa shape index (κ2) is 5.79. The van der Waals surface area contributed by atoms with Crippen molar-refractivity contribution in [3.8, 4) is 0 Å². The smallest absolute Gasteiger partial charge is 0.279 e. The number of nitrogens with one attached hydrogen (secondary N) is 2. The van der Waals surface area contributed by atoms with Crippen LogP contribution < -0.4 is 10.5 Å². The highest BCUT2D eigenvalue weighted by atomic mass is 32.2. The molecule has 0 saturated carbocycles. The molecule has 1 saturated heterocycles. The fourth-order valence-corrected chi connectivity index (χ4v) is 3.36. The third kappa shape index (κ3) is 4.61. The Morgan fingerprint density at radius 2 is 2.06 bits per heavy atom. The molecule has 4 N–H and O–H groups in total. The number of piperidine rings is 1. The number of nitrogens with two attached hydrogens (primary N) is 1. The number of amidine groups is 1. The van der Waals surface area contributed by atoms with E-state index in [-0.39, 0.29) is 18.3 Å². The van der Waals surface area contributed by atoms with Gasteiger partial charge in [-0.05, 0) is 25.7 Å². The van der Waals surface area contributed by atoms with Crippen LogP contribution in [-0.2, 0) is 10.2 Å². The predicted octanol–water partition coefficient (Wildman–Crippen LogP) is 0.267. The molecule has 7 heteroatoms. The van der Waals surface area contributed by atoms with Crippen LogP contribution in [0.5, 0.6) is 0 Å². The molecule has 17 heavy (non-hydrogen) atoms. The van der Waals surface area contributed by atoms with Gasteiger partial charge in [-0.1, -0.05) is 6.92 Å². The zero-order valence-electron chi connectivity index (χ0n) is 10.4. The maximum Gasteiger partial charge on any atom is 0.279 e. The molecule has 0 aromatic heterocycles. The predicted molar refractivity (Wildman–Crippen MR) is 68.0 cm³/mol. The molecule has 1 atom stereocenters. The molecule has 0 spiro atoms. The minimum Gasteiger partial charge on any atom is -0.388 e. The standard InChI is InChI=1S/C10H22N4O2S/c1-8-3-5-14(6-4-8)17(15,16)13-9(2)7-10(11)12/h8-9,13H,3-7H2,1-2H3,(H3,11,12). The van der Waals surface area contributed by atoms with Gasteiger partial charge in [0.1, 0.15) is 0 Å². The Bertz CT molecular complexity index is 361. The summed E-state index contributed by atoms with van der Waals surface area (Å²) < 4.78 is 28.0. The van der Waals surface area contributed by atoms with Crippen LogP contribution in [0.1, 0.15) is 33.1 Å². The molecular formula is C10H22N4O2S. The SMILES string of the molecule is CC1CCN(S(=O)(=O)NC(C)CC(=N)N)CC1. The van der Waals surface area contributed by atoms with Crippen molar-refractivity contribution in [2.45, 2.75) is 39.2 Å². The molecule has 0 aromatic rings. The highest BCUT2D eigenvalue weighted by Crippen LogP contribution is 2.18. The van der Waals surface area contributed by atoms with Gasteiger partial charge in [-0.3, -0.25) is 5.41 Å². The molecule has 1 unspecified atom stereocenters. The van der Waals surface area contributed by atoms with Crippen LogP contribution in [0.4, 0.5) is 0 Å². The van der Waals surface area contributed by atoms with Crippen LogP contribution >= 0.6 is 0 Å². The van der Waals surface area contributed by atoms with Gasteiger partial charge in [-0.2, -0.15) is 17.4 Å². The zero-order chi connectivity index (χ0) is 13.1. The first kappa shape index (κ1) is 14.4. The first-order valence-corrected chi connectivity index (χ1v) is 7.35. The Kier molecular flexibility index (Phi) is 4.91. The van der Waals surface area contributed by atoms with Crippen molar-refractivity contribution in [2.75, 3.05) is 13.1 Å². The topological polar surface area (TPSA) is 99.3 Å². The van der Waals surface area contributed by atoms with Crippen molar-refractivity contribution in [3.63, 3.8) is 0 Å². The lowest BCUT2D eigenvalue weighted by atomic mass is 10.0. The molecule has 1 fully saturated rings. The summed E-state index contributed by atoms with van der Waals surface area (Å²) in [7, 11) is -3.42. The van der Waals surface area contributed by atoms with Crippen molar-refractivity contribution >= 4 is 16.0 Å². The van der Waals surface area contributed by atoms with E-state index in [9.17, 15) is 8.42 Å². The minimum absolute atomic E-state index is 0.00698. The van der Waals surface area contributed by atoms with Gasteiger partial charge in [0.15, 0.2) is 0 Å². The summed E-state index contributed by atoms with van der Waals surface area (Å²) in [6.07, 6.45) is 2.05. The Balaban J connectivity index is 2.53. The average Bonchev–Trinajstić information content (AvgIpc) is 2.15. The van der Waals surface area contributed by atoms with Crippen LogP contribution in [0, 0.1) is 11.3 Å². The average molecular weight is 262 g/mol. The van der Waals surface area contributed by atoms with Crippen molar-refractivity contribution < 1.29 is 8.42 Å². The first-order valence-electron chi connectivity index (χ1n) is 5.91. The summed E-state index contributed by atoms with van der Waals surface area (Å²) in [6.45, 7) is 4.99. The lowest BCUT2D eigenvalue weighted by Gasteiger charge is -2.30. The van der Waals surface area contributed by atoms with Crippen molar-refractivity contribution in [1.82, 2.24) is 9.03 Å². The van der Waals surface area contributed by atoms with Crippen LogP contribution in [0.15, 0.2) is 0 Å². The molecule has 100 valence electrons. The normalized spacial score (nSPS) is 21.3. The minimum atomic E-state index is -3.42. The van der Waals surface area contributed by atoms with Crippen LogP contribution in [0.25, 0.3) is 0 Å². The van der Waals surface area contributed by atoms with Gasteiger partial charge in [-0.25, -0.2) is 0 Å². The number of rotatable bonds is 5. The van der Waals surface area contributed by atoms with Gasteiger partial charge < -0.3 is 5.73 Å². The van der Waals surface area contributed by atoms with Gasteiger partial charge in [0.25, 0.3) is 10.2 Å². The molecule has 0 radical (unpaired) electrons. The maximum absolute atomic E-state index is 12.0. The molecule has 0 amide bonds. The summed E-state index contributed by atoms with van der Waals surface area (Å²) in [5.74, 6) is 0.587. The molecular weight excluding hydrogens is 240 g/mol. The van der Waals surface area contributed by atoms with Gasteiger partial charge in [0.2, 0.25) is 0 Å².